The van der Waals surface area contributed by atoms with Crippen molar-refractivity contribution in [3.63, 3.8) is 0 Å². The predicted molar refractivity (Wildman–Crippen MR) is 88.5 cm³/mol. The van der Waals surface area contributed by atoms with Gasteiger partial charge in [-0.1, -0.05) is 12.8 Å². The van der Waals surface area contributed by atoms with Gasteiger partial charge in [0.2, 0.25) is 0 Å². The molecule has 1 aromatic rings. The summed E-state index contributed by atoms with van der Waals surface area (Å²) in [7, 11) is 0. The van der Waals surface area contributed by atoms with Gasteiger partial charge in [-0.15, -0.1) is 0 Å². The van der Waals surface area contributed by atoms with Crippen molar-refractivity contribution in [2.75, 3.05) is 18.4 Å². The first-order valence-electron chi connectivity index (χ1n) is 8.47. The van der Waals surface area contributed by atoms with Gasteiger partial charge in [0.15, 0.2) is 0 Å². The minimum Gasteiger partial charge on any atom is -0.444 e. The Kier molecular flexibility index (Phi) is 4.41. The molecule has 1 N–H and O–H groups in total. The van der Waals surface area contributed by atoms with E-state index in [1.54, 1.807) is 11.2 Å². The van der Waals surface area contributed by atoms with Crippen molar-refractivity contribution in [3.05, 3.63) is 18.1 Å². The fourth-order valence-corrected chi connectivity index (χ4v) is 3.15. The van der Waals surface area contributed by atoms with Crippen LogP contribution in [0.15, 0.2) is 12.4 Å². The van der Waals surface area contributed by atoms with Gasteiger partial charge in [-0.05, 0) is 33.6 Å². The molecule has 23 heavy (non-hydrogen) atoms. The molecule has 6 nitrogen and oxygen atoms in total. The van der Waals surface area contributed by atoms with E-state index in [0.29, 0.717) is 19.0 Å². The first kappa shape index (κ1) is 16.0. The molecule has 1 saturated carbocycles. The second-order valence-corrected chi connectivity index (χ2v) is 7.54. The Morgan fingerprint density at radius 1 is 1.26 bits per heavy atom. The van der Waals surface area contributed by atoms with Crippen molar-refractivity contribution in [3.8, 4) is 0 Å². The van der Waals surface area contributed by atoms with Crippen LogP contribution in [0.4, 0.5) is 10.6 Å². The van der Waals surface area contributed by atoms with Crippen molar-refractivity contribution in [1.29, 1.82) is 0 Å². The SMILES string of the molecule is CC(C)(C)OC(=O)N1CC(Nc2cc(C3CCCC3)ncn2)C1. The summed E-state index contributed by atoms with van der Waals surface area (Å²) in [5, 5.41) is 3.39. The van der Waals surface area contributed by atoms with Gasteiger partial charge in [-0.3, -0.25) is 0 Å². The average Bonchev–Trinajstić information content (AvgIpc) is 2.94. The lowest BCUT2D eigenvalue weighted by atomic mass is 10.0. The molecule has 1 saturated heterocycles. The summed E-state index contributed by atoms with van der Waals surface area (Å²) >= 11 is 0. The summed E-state index contributed by atoms with van der Waals surface area (Å²) in [6.45, 7) is 6.94. The summed E-state index contributed by atoms with van der Waals surface area (Å²) in [5.41, 5.74) is 0.696. The van der Waals surface area contributed by atoms with Crippen molar-refractivity contribution in [1.82, 2.24) is 14.9 Å². The Balaban J connectivity index is 1.50. The van der Waals surface area contributed by atoms with E-state index in [2.05, 4.69) is 21.4 Å². The molecule has 2 fully saturated rings. The van der Waals surface area contributed by atoms with Gasteiger partial charge in [0.05, 0.1) is 6.04 Å². The van der Waals surface area contributed by atoms with E-state index >= 15 is 0 Å². The highest BCUT2D eigenvalue weighted by molar-refractivity contribution is 5.69. The highest BCUT2D eigenvalue weighted by Gasteiger charge is 2.33. The van der Waals surface area contributed by atoms with Gasteiger partial charge >= 0.3 is 6.09 Å². The first-order valence-corrected chi connectivity index (χ1v) is 8.47. The number of hydrogen-bond acceptors (Lipinski definition) is 5. The van der Waals surface area contributed by atoms with Crippen LogP contribution in [0.1, 0.15) is 58.1 Å². The third-order valence-electron chi connectivity index (χ3n) is 4.35. The number of carbonyl (C=O) groups is 1. The van der Waals surface area contributed by atoms with Gasteiger partial charge in [-0.25, -0.2) is 14.8 Å². The molecular weight excluding hydrogens is 292 g/mol. The van der Waals surface area contributed by atoms with E-state index in [1.165, 1.54) is 25.7 Å². The van der Waals surface area contributed by atoms with Gasteiger partial charge < -0.3 is 15.0 Å². The lowest BCUT2D eigenvalue weighted by Crippen LogP contribution is -2.58. The number of likely N-dealkylation sites (tertiary alicyclic amines) is 1. The smallest absolute Gasteiger partial charge is 0.410 e. The molecule has 0 atom stereocenters. The molecule has 0 bridgehead atoms. The second-order valence-electron chi connectivity index (χ2n) is 7.54. The minimum atomic E-state index is -0.446. The Labute approximate surface area is 137 Å². The number of nitrogens with one attached hydrogen (secondary N) is 1. The van der Waals surface area contributed by atoms with Crippen LogP contribution in [-0.4, -0.2) is 45.7 Å². The number of aromatic nitrogens is 2. The van der Waals surface area contributed by atoms with Gasteiger partial charge in [-0.2, -0.15) is 0 Å². The quantitative estimate of drug-likeness (QED) is 0.927. The monoisotopic (exact) mass is 318 g/mol. The number of hydrogen-bond donors (Lipinski definition) is 1. The molecule has 6 heteroatoms. The standard InChI is InChI=1S/C17H26N4O2/c1-17(2,3)23-16(22)21-9-13(10-21)20-15-8-14(18-11-19-15)12-6-4-5-7-12/h8,11-13H,4-7,9-10H2,1-3H3,(H,18,19,20). The Morgan fingerprint density at radius 3 is 2.61 bits per heavy atom. The maximum Gasteiger partial charge on any atom is 0.410 e. The lowest BCUT2D eigenvalue weighted by Gasteiger charge is -2.40. The van der Waals surface area contributed by atoms with Crippen LogP contribution in [0.3, 0.4) is 0 Å². The second kappa shape index (κ2) is 6.34. The van der Waals surface area contributed by atoms with Gasteiger partial charge in [0.25, 0.3) is 0 Å². The summed E-state index contributed by atoms with van der Waals surface area (Å²) in [6.07, 6.45) is 6.44. The number of nitrogens with zero attached hydrogens (tertiary/aromatic N) is 3. The van der Waals surface area contributed by atoms with Crippen molar-refractivity contribution >= 4 is 11.9 Å². The molecule has 2 aliphatic rings. The van der Waals surface area contributed by atoms with E-state index in [4.69, 9.17) is 4.74 Å². The third kappa shape index (κ3) is 4.12. The maximum atomic E-state index is 11.9. The van der Waals surface area contributed by atoms with E-state index in [0.717, 1.165) is 11.5 Å². The molecule has 126 valence electrons. The molecule has 0 unspecified atom stereocenters. The van der Waals surface area contributed by atoms with E-state index in [1.807, 2.05) is 20.8 Å². The fourth-order valence-electron chi connectivity index (χ4n) is 3.15. The van der Waals surface area contributed by atoms with Crippen molar-refractivity contribution < 1.29 is 9.53 Å². The van der Waals surface area contributed by atoms with Gasteiger partial charge in [0, 0.05) is 30.8 Å². The highest BCUT2D eigenvalue weighted by atomic mass is 16.6. The molecule has 1 amide bonds. The predicted octanol–water partition coefficient (Wildman–Crippen LogP) is 3.17. The normalized spacial score (nSPS) is 19.5. The number of ether oxygens (including phenoxy) is 1. The van der Waals surface area contributed by atoms with Crippen LogP contribution in [-0.2, 0) is 4.74 Å². The zero-order chi connectivity index (χ0) is 16.4. The number of rotatable bonds is 3. The van der Waals surface area contributed by atoms with E-state index in [-0.39, 0.29) is 12.1 Å². The fraction of sp³-hybridized carbons (Fsp3) is 0.706. The molecule has 2 heterocycles. The lowest BCUT2D eigenvalue weighted by molar-refractivity contribution is 0.0104. The zero-order valence-corrected chi connectivity index (χ0v) is 14.2. The molecule has 1 aliphatic heterocycles. The summed E-state index contributed by atoms with van der Waals surface area (Å²) < 4.78 is 5.36. The molecule has 0 spiro atoms. The highest BCUT2D eigenvalue weighted by Crippen LogP contribution is 2.33. The van der Waals surface area contributed by atoms with Crippen LogP contribution in [0, 0.1) is 0 Å². The molecule has 0 aromatic carbocycles. The molecule has 1 aromatic heterocycles. The average molecular weight is 318 g/mol. The van der Waals surface area contributed by atoms with Crippen molar-refractivity contribution in [2.24, 2.45) is 0 Å². The molecular formula is C17H26N4O2. The van der Waals surface area contributed by atoms with E-state index < -0.39 is 5.60 Å². The number of amides is 1. The van der Waals surface area contributed by atoms with Crippen LogP contribution < -0.4 is 5.32 Å². The third-order valence-corrected chi connectivity index (χ3v) is 4.35. The first-order chi connectivity index (χ1) is 10.9. The van der Waals surface area contributed by atoms with Crippen LogP contribution in [0.25, 0.3) is 0 Å². The number of carbonyl (C=O) groups excluding carboxylic acids is 1. The Morgan fingerprint density at radius 2 is 1.96 bits per heavy atom. The zero-order valence-electron chi connectivity index (χ0n) is 14.2. The Bertz CT molecular complexity index is 558. The molecule has 1 aliphatic carbocycles. The Hall–Kier alpha value is -1.85. The summed E-state index contributed by atoms with van der Waals surface area (Å²) in [5.74, 6) is 1.44. The van der Waals surface area contributed by atoms with E-state index in [9.17, 15) is 4.79 Å². The van der Waals surface area contributed by atoms with Crippen LogP contribution >= 0.6 is 0 Å². The summed E-state index contributed by atoms with van der Waals surface area (Å²) in [4.78, 5) is 22.4. The summed E-state index contributed by atoms with van der Waals surface area (Å²) in [6, 6.07) is 2.29. The molecule has 3 rings (SSSR count). The topological polar surface area (TPSA) is 67.3 Å². The minimum absolute atomic E-state index is 0.230. The largest absolute Gasteiger partial charge is 0.444 e. The van der Waals surface area contributed by atoms with Crippen molar-refractivity contribution in [2.45, 2.75) is 64.0 Å². The maximum absolute atomic E-state index is 11.9. The molecule has 0 radical (unpaired) electrons. The van der Waals surface area contributed by atoms with Crippen LogP contribution in [0.2, 0.25) is 0 Å². The van der Waals surface area contributed by atoms with Crippen LogP contribution in [0.5, 0.6) is 0 Å². The van der Waals surface area contributed by atoms with Gasteiger partial charge in [0.1, 0.15) is 17.7 Å². The number of anilines is 1.